The van der Waals surface area contributed by atoms with E-state index < -0.39 is 11.6 Å². The van der Waals surface area contributed by atoms with Crippen molar-refractivity contribution in [3.63, 3.8) is 0 Å². The van der Waals surface area contributed by atoms with E-state index in [2.05, 4.69) is 10.3 Å². The Morgan fingerprint density at radius 2 is 2.04 bits per heavy atom. The summed E-state index contributed by atoms with van der Waals surface area (Å²) in [5.74, 6) is -0.489. The number of rotatable bonds is 4. The average molecular weight is 363 g/mol. The summed E-state index contributed by atoms with van der Waals surface area (Å²) in [6.07, 6.45) is 0. The van der Waals surface area contributed by atoms with Crippen LogP contribution in [0.25, 0.3) is 22.0 Å². The highest BCUT2D eigenvalue weighted by atomic mass is 16.5. The lowest BCUT2D eigenvalue weighted by Gasteiger charge is -2.08. The second-order valence-corrected chi connectivity index (χ2v) is 6.28. The van der Waals surface area contributed by atoms with Gasteiger partial charge in [-0.3, -0.25) is 0 Å². The van der Waals surface area contributed by atoms with Gasteiger partial charge in [-0.05, 0) is 43.7 Å². The van der Waals surface area contributed by atoms with Crippen molar-refractivity contribution < 1.29 is 13.9 Å². The van der Waals surface area contributed by atoms with Crippen molar-refractivity contribution in [3.05, 3.63) is 69.6 Å². The van der Waals surface area contributed by atoms with Crippen LogP contribution in [0.1, 0.15) is 28.4 Å². The molecular weight excluding hydrogens is 346 g/mol. The molecule has 0 atom stereocenters. The molecule has 0 unspecified atom stereocenters. The fraction of sp³-hybridized carbons (Fsp3) is 0.200. The van der Waals surface area contributed by atoms with Crippen LogP contribution in [0.3, 0.4) is 0 Å². The molecule has 0 aliphatic heterocycles. The zero-order valence-corrected chi connectivity index (χ0v) is 14.9. The zero-order valence-electron chi connectivity index (χ0n) is 14.9. The molecule has 2 aromatic heterocycles. The maximum Gasteiger partial charge on any atom is 0.338 e. The third-order valence-corrected chi connectivity index (χ3v) is 4.39. The summed E-state index contributed by atoms with van der Waals surface area (Å²) in [5.41, 5.74) is 3.46. The van der Waals surface area contributed by atoms with Gasteiger partial charge in [0.15, 0.2) is 0 Å². The Morgan fingerprint density at radius 1 is 1.19 bits per heavy atom. The number of aryl methyl sites for hydroxylation is 2. The van der Waals surface area contributed by atoms with Gasteiger partial charge in [-0.1, -0.05) is 17.3 Å². The molecule has 27 heavy (non-hydrogen) atoms. The molecule has 0 bridgehead atoms. The molecule has 7 nitrogen and oxygen atoms in total. The molecule has 4 rings (SSSR count). The van der Waals surface area contributed by atoms with Crippen molar-refractivity contribution in [1.29, 1.82) is 0 Å². The van der Waals surface area contributed by atoms with Gasteiger partial charge in [0.2, 0.25) is 0 Å². The molecule has 0 fully saturated rings. The number of esters is 1. The van der Waals surface area contributed by atoms with Gasteiger partial charge >= 0.3 is 11.6 Å². The first-order valence-corrected chi connectivity index (χ1v) is 8.59. The van der Waals surface area contributed by atoms with Crippen LogP contribution in [-0.2, 0) is 17.9 Å². The van der Waals surface area contributed by atoms with Crippen LogP contribution in [0, 0.1) is 6.92 Å². The van der Waals surface area contributed by atoms with Crippen LogP contribution in [0.5, 0.6) is 0 Å². The van der Waals surface area contributed by atoms with Gasteiger partial charge in [-0.25, -0.2) is 14.3 Å². The van der Waals surface area contributed by atoms with Crippen molar-refractivity contribution in [2.45, 2.75) is 27.0 Å². The number of ether oxygens (including phenoxy) is 1. The summed E-state index contributed by atoms with van der Waals surface area (Å²) < 4.78 is 12.4. The second-order valence-electron chi connectivity index (χ2n) is 6.28. The Labute approximate surface area is 154 Å². The molecule has 7 heteroatoms. The third-order valence-electron chi connectivity index (χ3n) is 4.39. The van der Waals surface area contributed by atoms with E-state index in [0.717, 1.165) is 16.5 Å². The highest BCUT2D eigenvalue weighted by molar-refractivity contribution is 5.93. The minimum absolute atomic E-state index is 0.0241. The van der Waals surface area contributed by atoms with Crippen LogP contribution in [0.15, 0.2) is 51.7 Å². The number of hydrogen-bond donors (Lipinski definition) is 0. The predicted molar refractivity (Wildman–Crippen MR) is 99.5 cm³/mol. The summed E-state index contributed by atoms with van der Waals surface area (Å²) in [4.78, 5) is 24.2. The summed E-state index contributed by atoms with van der Waals surface area (Å²) in [7, 11) is 0. The first kappa shape index (κ1) is 17.0. The number of fused-ring (bicyclic) bond motifs is 2. The lowest BCUT2D eigenvalue weighted by molar-refractivity contribution is 0.0474. The van der Waals surface area contributed by atoms with Crippen molar-refractivity contribution in [2.75, 3.05) is 0 Å². The molecule has 0 saturated heterocycles. The molecule has 0 N–H and O–H groups in total. The first-order valence-electron chi connectivity index (χ1n) is 8.59. The standard InChI is InChI=1S/C20H17N3O4/c1-3-23-17-7-5-13(9-16(17)21-22-23)20(25)26-11-14-10-19(24)27-18-8-12(2)4-6-15(14)18/h4-10H,3,11H2,1-2H3. The predicted octanol–water partition coefficient (Wildman–Crippen LogP) is 3.22. The van der Waals surface area contributed by atoms with E-state index in [9.17, 15) is 9.59 Å². The Balaban J connectivity index is 1.59. The van der Waals surface area contributed by atoms with E-state index in [0.29, 0.717) is 28.8 Å². The number of benzene rings is 2. The summed E-state index contributed by atoms with van der Waals surface area (Å²) in [6, 6.07) is 12.0. The number of aromatic nitrogens is 3. The number of hydrogen-bond acceptors (Lipinski definition) is 6. The molecule has 4 aromatic rings. The number of carbonyl (C=O) groups excluding carboxylic acids is 1. The molecule has 0 amide bonds. The number of nitrogens with zero attached hydrogens (tertiary/aromatic N) is 3. The molecule has 0 spiro atoms. The first-order chi connectivity index (χ1) is 13.0. The van der Waals surface area contributed by atoms with Crippen molar-refractivity contribution in [1.82, 2.24) is 15.0 Å². The van der Waals surface area contributed by atoms with Gasteiger partial charge in [-0.15, -0.1) is 5.10 Å². The van der Waals surface area contributed by atoms with E-state index in [4.69, 9.17) is 9.15 Å². The fourth-order valence-corrected chi connectivity index (χ4v) is 3.02. The van der Waals surface area contributed by atoms with Crippen LogP contribution < -0.4 is 5.63 Å². The van der Waals surface area contributed by atoms with Gasteiger partial charge in [0.05, 0.1) is 11.1 Å². The fourth-order valence-electron chi connectivity index (χ4n) is 3.02. The van der Waals surface area contributed by atoms with E-state index in [1.807, 2.05) is 26.0 Å². The smallest absolute Gasteiger partial charge is 0.338 e. The molecule has 0 aliphatic rings. The molecule has 2 heterocycles. The van der Waals surface area contributed by atoms with Crippen LogP contribution in [0.2, 0.25) is 0 Å². The highest BCUT2D eigenvalue weighted by Crippen LogP contribution is 2.20. The third kappa shape index (κ3) is 3.19. The van der Waals surface area contributed by atoms with Crippen molar-refractivity contribution in [2.24, 2.45) is 0 Å². The Hall–Kier alpha value is -3.48. The van der Waals surface area contributed by atoms with Gasteiger partial charge in [0, 0.05) is 23.6 Å². The van der Waals surface area contributed by atoms with Gasteiger partial charge < -0.3 is 9.15 Å². The minimum Gasteiger partial charge on any atom is -0.457 e. The van der Waals surface area contributed by atoms with Crippen molar-refractivity contribution >= 4 is 28.0 Å². The molecule has 0 aliphatic carbocycles. The van der Waals surface area contributed by atoms with Gasteiger partial charge in [0.1, 0.15) is 17.7 Å². The summed E-state index contributed by atoms with van der Waals surface area (Å²) in [5, 5.41) is 8.84. The maximum absolute atomic E-state index is 12.4. The number of carbonyl (C=O) groups is 1. The van der Waals surface area contributed by atoms with Crippen LogP contribution in [0.4, 0.5) is 0 Å². The van der Waals surface area contributed by atoms with E-state index >= 15 is 0 Å². The SMILES string of the molecule is CCn1nnc2cc(C(=O)OCc3cc(=O)oc4cc(C)ccc34)ccc21. The average Bonchev–Trinajstić information content (AvgIpc) is 3.07. The highest BCUT2D eigenvalue weighted by Gasteiger charge is 2.13. The summed E-state index contributed by atoms with van der Waals surface area (Å²) >= 11 is 0. The largest absolute Gasteiger partial charge is 0.457 e. The maximum atomic E-state index is 12.4. The van der Waals surface area contributed by atoms with E-state index in [1.165, 1.54) is 6.07 Å². The monoisotopic (exact) mass is 363 g/mol. The molecule has 0 saturated carbocycles. The normalized spacial score (nSPS) is 11.2. The second kappa shape index (κ2) is 6.68. The summed E-state index contributed by atoms with van der Waals surface area (Å²) in [6.45, 7) is 4.56. The van der Waals surface area contributed by atoms with Gasteiger partial charge in [-0.2, -0.15) is 0 Å². The molecule has 136 valence electrons. The quantitative estimate of drug-likeness (QED) is 0.409. The van der Waals surface area contributed by atoms with Crippen LogP contribution >= 0.6 is 0 Å². The topological polar surface area (TPSA) is 87.2 Å². The molecular formula is C20H17N3O4. The van der Waals surface area contributed by atoms with Crippen LogP contribution in [-0.4, -0.2) is 21.0 Å². The lowest BCUT2D eigenvalue weighted by Crippen LogP contribution is -2.08. The van der Waals surface area contributed by atoms with E-state index in [1.54, 1.807) is 28.9 Å². The lowest BCUT2D eigenvalue weighted by atomic mass is 10.1. The van der Waals surface area contributed by atoms with Gasteiger partial charge in [0.25, 0.3) is 0 Å². The van der Waals surface area contributed by atoms with Crippen molar-refractivity contribution in [3.8, 4) is 0 Å². The molecule has 0 radical (unpaired) electrons. The zero-order chi connectivity index (χ0) is 19.0. The molecule has 2 aromatic carbocycles. The Bertz CT molecular complexity index is 1220. The Morgan fingerprint density at radius 3 is 2.85 bits per heavy atom. The Kier molecular flexibility index (Phi) is 4.19. The minimum atomic E-state index is -0.489. The van der Waals surface area contributed by atoms with E-state index in [-0.39, 0.29) is 6.61 Å².